The third-order valence-electron chi connectivity index (χ3n) is 9.90. The van der Waals surface area contributed by atoms with E-state index >= 15 is 8.63 Å². The molecule has 4 aliphatic rings. The van der Waals surface area contributed by atoms with E-state index in [0.29, 0.717) is 59.6 Å². The van der Waals surface area contributed by atoms with Gasteiger partial charge >= 0.3 is 6.97 Å². The first-order chi connectivity index (χ1) is 22.3. The number of aromatic nitrogens is 1. The highest BCUT2D eigenvalue weighted by Gasteiger charge is 2.59. The predicted molar refractivity (Wildman–Crippen MR) is 172 cm³/mol. The number of halogens is 2. The van der Waals surface area contributed by atoms with E-state index in [1.165, 1.54) is 33.2 Å². The first kappa shape index (κ1) is 28.3. The molecule has 0 spiro atoms. The maximum Gasteiger partial charge on any atom is 0.737 e. The number of nitro groups is 2. The van der Waals surface area contributed by atoms with Crippen LogP contribution in [0.15, 0.2) is 95.7 Å². The van der Waals surface area contributed by atoms with Crippen molar-refractivity contribution < 1.29 is 23.0 Å². The summed E-state index contributed by atoms with van der Waals surface area (Å²) >= 11 is 0. The summed E-state index contributed by atoms with van der Waals surface area (Å²) in [6, 6.07) is 21.5. The molecule has 2 aliphatic heterocycles. The number of nitro benzene ring substituents is 2. The molecule has 3 aromatic carbocycles. The minimum absolute atomic E-state index is 0.0994. The van der Waals surface area contributed by atoms with Gasteiger partial charge in [-0.1, -0.05) is 30.3 Å². The number of hydrogen-bond donors (Lipinski definition) is 0. The van der Waals surface area contributed by atoms with Crippen LogP contribution in [0.1, 0.15) is 66.5 Å². The van der Waals surface area contributed by atoms with Crippen LogP contribution < -0.4 is 0 Å². The Labute approximate surface area is 263 Å². The minimum atomic E-state index is -4.49. The van der Waals surface area contributed by atoms with Crippen LogP contribution >= 0.6 is 0 Å². The fraction of sp³-hybridized carbons (Fsp3) is 0.229. The van der Waals surface area contributed by atoms with Gasteiger partial charge in [-0.05, 0) is 97.9 Å². The van der Waals surface area contributed by atoms with Crippen molar-refractivity contribution in [3.05, 3.63) is 144 Å². The molecule has 0 radical (unpaired) electrons. The highest BCUT2D eigenvalue weighted by Crippen LogP contribution is 2.52. The van der Waals surface area contributed by atoms with Crippen LogP contribution in [-0.4, -0.2) is 31.5 Å². The second kappa shape index (κ2) is 10.4. The van der Waals surface area contributed by atoms with Crippen LogP contribution in [0.25, 0.3) is 16.8 Å². The summed E-state index contributed by atoms with van der Waals surface area (Å²) in [5, 5.41) is 22.9. The monoisotopic (exact) mass is 618 g/mol. The van der Waals surface area contributed by atoms with Gasteiger partial charge in [-0.3, -0.25) is 20.2 Å². The Morgan fingerprint density at radius 2 is 1.15 bits per heavy atom. The van der Waals surface area contributed by atoms with E-state index in [4.69, 9.17) is 0 Å². The quantitative estimate of drug-likeness (QED) is 0.128. The Morgan fingerprint density at radius 3 is 1.74 bits per heavy atom. The van der Waals surface area contributed by atoms with Gasteiger partial charge in [0.15, 0.2) is 11.4 Å². The average Bonchev–Trinajstić information content (AvgIpc) is 3.61. The first-order valence-electron chi connectivity index (χ1n) is 15.7. The zero-order valence-electron chi connectivity index (χ0n) is 24.9. The molecule has 46 heavy (non-hydrogen) atoms. The average molecular weight is 618 g/mol. The molecule has 230 valence electrons. The van der Waals surface area contributed by atoms with Gasteiger partial charge < -0.3 is 17.6 Å². The molecule has 11 heteroatoms. The maximum absolute atomic E-state index is 17.9. The van der Waals surface area contributed by atoms with Crippen LogP contribution in [0, 0.1) is 20.2 Å². The van der Waals surface area contributed by atoms with Crippen LogP contribution in [0.5, 0.6) is 0 Å². The minimum Gasteiger partial charge on any atom is -0.389 e. The molecule has 8 rings (SSSR count). The van der Waals surface area contributed by atoms with Gasteiger partial charge in [0.25, 0.3) is 11.4 Å². The van der Waals surface area contributed by atoms with Crippen LogP contribution in [0.4, 0.5) is 20.0 Å². The predicted octanol–water partition coefficient (Wildman–Crippen LogP) is 8.23. The van der Waals surface area contributed by atoms with Crippen molar-refractivity contribution in [3.63, 3.8) is 0 Å². The highest BCUT2D eigenvalue weighted by atomic mass is 19.2. The van der Waals surface area contributed by atoms with Crippen molar-refractivity contribution >= 4 is 29.6 Å². The molecule has 0 atom stereocenters. The fourth-order valence-corrected chi connectivity index (χ4v) is 8.04. The van der Waals surface area contributed by atoms with Gasteiger partial charge in [0.05, 0.1) is 15.4 Å². The fourth-order valence-electron chi connectivity index (χ4n) is 8.04. The molecule has 2 aliphatic carbocycles. The number of rotatable bonds is 5. The van der Waals surface area contributed by atoms with Gasteiger partial charge in [-0.25, -0.2) is 0 Å². The van der Waals surface area contributed by atoms with Gasteiger partial charge in [-0.2, -0.15) is 0 Å². The molecule has 0 N–H and O–H groups in total. The molecule has 3 heterocycles. The molecule has 0 amide bonds. The van der Waals surface area contributed by atoms with Crippen LogP contribution in [0.3, 0.4) is 0 Å². The van der Waals surface area contributed by atoms with Crippen molar-refractivity contribution in [2.75, 3.05) is 0 Å². The Hall–Kier alpha value is -5.19. The summed E-state index contributed by atoms with van der Waals surface area (Å²) in [5.74, 6) is 0. The molecule has 1 aromatic heterocycles. The lowest BCUT2D eigenvalue weighted by atomic mass is 9.81. The Morgan fingerprint density at radius 1 is 0.630 bits per heavy atom. The second-order valence-corrected chi connectivity index (χ2v) is 12.4. The van der Waals surface area contributed by atoms with Gasteiger partial charge in [-0.15, -0.1) is 0 Å². The van der Waals surface area contributed by atoms with E-state index in [1.807, 2.05) is 30.3 Å². The molecule has 0 fully saturated rings. The van der Waals surface area contributed by atoms with E-state index in [0.717, 1.165) is 59.1 Å². The molecule has 8 nitrogen and oxygen atoms in total. The molecular formula is C35H29BF2N4O4. The smallest absolute Gasteiger partial charge is 0.389 e. The number of nitrogens with zero attached hydrogens (tertiary/aromatic N) is 4. The topological polar surface area (TPSA) is 94.2 Å². The van der Waals surface area contributed by atoms with E-state index < -0.39 is 16.8 Å². The lowest BCUT2D eigenvalue weighted by molar-refractivity contribution is -0.385. The summed E-state index contributed by atoms with van der Waals surface area (Å²) in [5.41, 5.74) is 7.93. The van der Waals surface area contributed by atoms with E-state index in [1.54, 1.807) is 24.3 Å². The maximum atomic E-state index is 17.9. The van der Waals surface area contributed by atoms with Crippen LogP contribution in [0.2, 0.25) is 0 Å². The number of allylic oxidation sites excluding steroid dienone is 2. The summed E-state index contributed by atoms with van der Waals surface area (Å²) < 4.78 is 38.3. The SMILES string of the molecule is O=[N+]([O-])c1ccc(C2=[N+]3C(=C(c4ccccc4)c4c5c(c(-c6ccc([N+](=O)[O-])cc6)n4[B-]3(F)F)CCCC5)C3=C2CCCC3)cc1. The van der Waals surface area contributed by atoms with Crippen molar-refractivity contribution in [3.8, 4) is 11.3 Å². The Balaban J connectivity index is 1.51. The number of benzene rings is 3. The van der Waals surface area contributed by atoms with Gasteiger partial charge in [0.2, 0.25) is 0 Å². The Kier molecular flexibility index (Phi) is 6.42. The molecule has 0 bridgehead atoms. The molecule has 0 unspecified atom stereocenters. The first-order valence-corrected chi connectivity index (χ1v) is 15.7. The Bertz CT molecular complexity index is 2060. The van der Waals surface area contributed by atoms with E-state index in [9.17, 15) is 20.2 Å². The number of fused-ring (bicyclic) bond motifs is 5. The van der Waals surface area contributed by atoms with Crippen molar-refractivity contribution in [2.45, 2.75) is 51.4 Å². The van der Waals surface area contributed by atoms with Gasteiger partial charge in [0.1, 0.15) is 0 Å². The zero-order chi connectivity index (χ0) is 31.7. The molecule has 4 aromatic rings. The van der Waals surface area contributed by atoms with Gasteiger partial charge in [0, 0.05) is 52.4 Å². The summed E-state index contributed by atoms with van der Waals surface area (Å²) in [6.45, 7) is -4.49. The zero-order valence-corrected chi connectivity index (χ0v) is 24.9. The van der Waals surface area contributed by atoms with Crippen molar-refractivity contribution in [1.82, 2.24) is 4.48 Å². The third-order valence-corrected chi connectivity index (χ3v) is 9.90. The largest absolute Gasteiger partial charge is 0.737 e. The van der Waals surface area contributed by atoms with Crippen molar-refractivity contribution in [1.29, 1.82) is 0 Å². The molecular weight excluding hydrogens is 589 g/mol. The summed E-state index contributed by atoms with van der Waals surface area (Å²) in [7, 11) is 0. The second-order valence-electron chi connectivity index (χ2n) is 12.4. The van der Waals surface area contributed by atoms with E-state index in [2.05, 4.69) is 0 Å². The van der Waals surface area contributed by atoms with E-state index in [-0.39, 0.29) is 11.4 Å². The number of hydrogen-bond acceptors (Lipinski definition) is 4. The number of non-ortho nitro benzene ring substituents is 2. The van der Waals surface area contributed by atoms with Crippen LogP contribution in [-0.2, 0) is 12.8 Å². The molecule has 0 saturated heterocycles. The molecule has 0 saturated carbocycles. The standard InChI is InChI=1S/C35H29BF2N4O4/c37-36(38)39-32(23-14-18-25(19-15-23)41(43)44)27-10-4-6-12-29(27)34(39)31(22-8-2-1-3-9-22)35-30-13-7-5-11-28(30)33(40(35)36)24-16-20-26(21-17-24)42(45)46/h1-3,8-9,14-21H,4-7,10-13H2. The third kappa shape index (κ3) is 4.07. The van der Waals surface area contributed by atoms with Crippen molar-refractivity contribution in [2.24, 2.45) is 0 Å². The lowest BCUT2D eigenvalue weighted by Gasteiger charge is -2.35. The summed E-state index contributed by atoms with van der Waals surface area (Å²) in [6.07, 6.45) is 6.11. The summed E-state index contributed by atoms with van der Waals surface area (Å²) in [4.78, 5) is 22.0. The normalized spacial score (nSPS) is 18.2. The lowest BCUT2D eigenvalue weighted by Crippen LogP contribution is -2.52. The highest BCUT2D eigenvalue weighted by molar-refractivity contribution is 6.59.